The molecule has 0 unspecified atom stereocenters. The van der Waals surface area contributed by atoms with E-state index in [9.17, 15) is 0 Å². The van der Waals surface area contributed by atoms with Gasteiger partial charge in [-0.2, -0.15) is 0 Å². The van der Waals surface area contributed by atoms with Crippen LogP contribution in [0.2, 0.25) is 5.02 Å². The molecule has 0 amide bonds. The van der Waals surface area contributed by atoms with Crippen LogP contribution < -0.4 is 0 Å². The second-order valence-corrected chi connectivity index (χ2v) is 10.1. The highest BCUT2D eigenvalue weighted by atomic mass is 35.5. The molecule has 3 aromatic carbocycles. The van der Waals surface area contributed by atoms with E-state index in [1.807, 2.05) is 18.2 Å². The molecular weight excluding hydrogens is 360 g/mol. The van der Waals surface area contributed by atoms with Crippen LogP contribution >= 0.6 is 11.6 Å². The van der Waals surface area contributed by atoms with Crippen molar-refractivity contribution in [2.45, 2.75) is 52.4 Å². The lowest BCUT2D eigenvalue weighted by Gasteiger charge is -2.44. The zero-order valence-electron chi connectivity index (χ0n) is 17.7. The van der Waals surface area contributed by atoms with E-state index in [1.165, 1.54) is 22.3 Å². The Balaban J connectivity index is 1.86. The molecule has 0 saturated heterocycles. The monoisotopic (exact) mass is 388 g/mol. The molecule has 0 N–H and O–H groups in total. The summed E-state index contributed by atoms with van der Waals surface area (Å²) in [5.74, 6) is 0. The third-order valence-corrected chi connectivity index (χ3v) is 8.20. The summed E-state index contributed by atoms with van der Waals surface area (Å²) in [6.07, 6.45) is 0. The van der Waals surface area contributed by atoms with Crippen molar-refractivity contribution in [3.8, 4) is 22.3 Å². The molecule has 28 heavy (non-hydrogen) atoms. The molecule has 0 atom stereocenters. The van der Waals surface area contributed by atoms with Crippen molar-refractivity contribution in [3.05, 3.63) is 82.9 Å². The summed E-state index contributed by atoms with van der Waals surface area (Å²) in [5.41, 5.74) is 8.21. The molecule has 0 heterocycles. The van der Waals surface area contributed by atoms with E-state index >= 15 is 0 Å². The molecular formula is C27H29Cl. The van der Waals surface area contributed by atoms with Crippen LogP contribution in [0.5, 0.6) is 0 Å². The van der Waals surface area contributed by atoms with Gasteiger partial charge in [0.15, 0.2) is 0 Å². The van der Waals surface area contributed by atoms with Gasteiger partial charge in [-0.1, -0.05) is 114 Å². The van der Waals surface area contributed by atoms with Crippen LogP contribution in [0.3, 0.4) is 0 Å². The fourth-order valence-electron chi connectivity index (χ4n) is 4.94. The summed E-state index contributed by atoms with van der Waals surface area (Å²) in [4.78, 5) is 0. The summed E-state index contributed by atoms with van der Waals surface area (Å²) >= 11 is 6.39. The summed E-state index contributed by atoms with van der Waals surface area (Å²) in [6, 6.07) is 23.7. The minimum atomic E-state index is 0.0871. The molecule has 1 aliphatic rings. The fourth-order valence-corrected chi connectivity index (χ4v) is 5.19. The standard InChI is InChI=1S/C27H29Cl/c1-25(2)22-12-9-11-21(24(22)26(3,4)27(25,5)6)19-16-14-18(15-17-19)20-10-7-8-13-23(20)28/h7-17H,1-6H3. The molecule has 0 spiro atoms. The molecule has 0 saturated carbocycles. The van der Waals surface area contributed by atoms with E-state index in [1.54, 1.807) is 0 Å². The van der Waals surface area contributed by atoms with E-state index in [0.717, 1.165) is 16.1 Å². The van der Waals surface area contributed by atoms with Gasteiger partial charge in [-0.3, -0.25) is 0 Å². The maximum absolute atomic E-state index is 6.39. The minimum Gasteiger partial charge on any atom is -0.0837 e. The largest absolute Gasteiger partial charge is 0.0837 e. The van der Waals surface area contributed by atoms with E-state index in [2.05, 4.69) is 90.1 Å². The Hall–Kier alpha value is -2.05. The van der Waals surface area contributed by atoms with Gasteiger partial charge in [0.1, 0.15) is 0 Å². The summed E-state index contributed by atoms with van der Waals surface area (Å²) < 4.78 is 0. The average Bonchev–Trinajstić information content (AvgIpc) is 2.77. The van der Waals surface area contributed by atoms with Crippen LogP contribution in [0.15, 0.2) is 66.7 Å². The van der Waals surface area contributed by atoms with Crippen molar-refractivity contribution in [1.82, 2.24) is 0 Å². The topological polar surface area (TPSA) is 0 Å². The first-order chi connectivity index (χ1) is 13.1. The fraction of sp³-hybridized carbons (Fsp3) is 0.333. The Bertz CT molecular complexity index is 1040. The third-order valence-electron chi connectivity index (χ3n) is 7.87. The normalized spacial score (nSPS) is 18.7. The molecule has 0 aromatic heterocycles. The van der Waals surface area contributed by atoms with Gasteiger partial charge in [-0.05, 0) is 50.1 Å². The Morgan fingerprint density at radius 2 is 1.11 bits per heavy atom. The van der Waals surface area contributed by atoms with Crippen molar-refractivity contribution >= 4 is 11.6 Å². The van der Waals surface area contributed by atoms with Gasteiger partial charge in [0.25, 0.3) is 0 Å². The Labute approximate surface area is 174 Å². The third kappa shape index (κ3) is 2.51. The molecule has 144 valence electrons. The Morgan fingerprint density at radius 1 is 0.571 bits per heavy atom. The van der Waals surface area contributed by atoms with E-state index in [0.29, 0.717) is 0 Å². The van der Waals surface area contributed by atoms with Crippen LogP contribution in [-0.2, 0) is 10.8 Å². The molecule has 3 aromatic rings. The van der Waals surface area contributed by atoms with Gasteiger partial charge in [-0.25, -0.2) is 0 Å². The number of halogens is 1. The van der Waals surface area contributed by atoms with Crippen molar-refractivity contribution < 1.29 is 0 Å². The first-order valence-corrected chi connectivity index (χ1v) is 10.5. The highest BCUT2D eigenvalue weighted by Gasteiger charge is 2.57. The van der Waals surface area contributed by atoms with Crippen LogP contribution in [0.25, 0.3) is 22.3 Å². The smallest absolute Gasteiger partial charge is 0.0484 e. The quantitative estimate of drug-likeness (QED) is 0.414. The zero-order valence-corrected chi connectivity index (χ0v) is 18.5. The van der Waals surface area contributed by atoms with E-state index in [-0.39, 0.29) is 16.2 Å². The zero-order chi connectivity index (χ0) is 20.3. The molecule has 0 fully saturated rings. The lowest BCUT2D eigenvalue weighted by molar-refractivity contribution is 0.125. The number of benzene rings is 3. The molecule has 4 rings (SSSR count). The number of hydrogen-bond acceptors (Lipinski definition) is 0. The predicted octanol–water partition coefficient (Wildman–Crippen LogP) is 8.27. The SMILES string of the molecule is CC1(C)c2cccc(-c3ccc(-c4ccccc4Cl)cc3)c2C(C)(C)C1(C)C. The van der Waals surface area contributed by atoms with Crippen LogP contribution in [-0.4, -0.2) is 0 Å². The summed E-state index contributed by atoms with van der Waals surface area (Å²) in [7, 11) is 0. The van der Waals surface area contributed by atoms with Gasteiger partial charge in [-0.15, -0.1) is 0 Å². The second-order valence-electron chi connectivity index (χ2n) is 9.66. The lowest BCUT2D eigenvalue weighted by Crippen LogP contribution is -2.42. The predicted molar refractivity (Wildman–Crippen MR) is 122 cm³/mol. The van der Waals surface area contributed by atoms with Crippen LogP contribution in [0, 0.1) is 5.41 Å². The Morgan fingerprint density at radius 3 is 1.71 bits per heavy atom. The molecule has 1 aliphatic carbocycles. The van der Waals surface area contributed by atoms with Crippen molar-refractivity contribution in [3.63, 3.8) is 0 Å². The van der Waals surface area contributed by atoms with E-state index in [4.69, 9.17) is 11.6 Å². The van der Waals surface area contributed by atoms with Crippen LogP contribution in [0.1, 0.15) is 52.7 Å². The van der Waals surface area contributed by atoms with Crippen molar-refractivity contribution in [2.24, 2.45) is 5.41 Å². The maximum atomic E-state index is 6.39. The maximum Gasteiger partial charge on any atom is 0.0484 e. The van der Waals surface area contributed by atoms with Gasteiger partial charge in [0.05, 0.1) is 0 Å². The van der Waals surface area contributed by atoms with Crippen LogP contribution in [0.4, 0.5) is 0 Å². The number of fused-ring (bicyclic) bond motifs is 1. The van der Waals surface area contributed by atoms with Gasteiger partial charge in [0.2, 0.25) is 0 Å². The van der Waals surface area contributed by atoms with Gasteiger partial charge >= 0.3 is 0 Å². The molecule has 0 bridgehead atoms. The minimum absolute atomic E-state index is 0.0871. The highest BCUT2D eigenvalue weighted by molar-refractivity contribution is 6.33. The van der Waals surface area contributed by atoms with Gasteiger partial charge < -0.3 is 0 Å². The number of rotatable bonds is 2. The van der Waals surface area contributed by atoms with Crippen molar-refractivity contribution in [2.75, 3.05) is 0 Å². The summed E-state index contributed by atoms with van der Waals surface area (Å²) in [6.45, 7) is 14.4. The first-order valence-electron chi connectivity index (χ1n) is 10.1. The lowest BCUT2D eigenvalue weighted by atomic mass is 9.59. The highest BCUT2D eigenvalue weighted by Crippen LogP contribution is 2.63. The molecule has 1 heteroatoms. The molecule has 0 aliphatic heterocycles. The second kappa shape index (κ2) is 6.22. The van der Waals surface area contributed by atoms with Crippen molar-refractivity contribution in [1.29, 1.82) is 0 Å². The van der Waals surface area contributed by atoms with E-state index < -0.39 is 0 Å². The number of hydrogen-bond donors (Lipinski definition) is 0. The summed E-state index contributed by atoms with van der Waals surface area (Å²) in [5, 5.41) is 0.792. The average molecular weight is 389 g/mol. The molecule has 0 nitrogen and oxygen atoms in total. The van der Waals surface area contributed by atoms with Gasteiger partial charge in [0, 0.05) is 10.6 Å². The Kier molecular flexibility index (Phi) is 4.28. The molecule has 0 radical (unpaired) electrons. The first kappa shape index (κ1) is 19.3.